The Bertz CT molecular complexity index is 148. The molecular weight excluding hydrogens is 135 g/mol. The van der Waals surface area contributed by atoms with E-state index < -0.39 is 7.72 Å². The molecule has 3 heteroatoms. The molecule has 0 amide bonds. The predicted octanol–water partition coefficient (Wildman–Crippen LogP) is 0.610. The van der Waals surface area contributed by atoms with Crippen molar-refractivity contribution < 1.29 is 9.42 Å². The maximum atomic E-state index is 9.32. The van der Waals surface area contributed by atoms with Gasteiger partial charge in [-0.1, -0.05) is 0 Å². The summed E-state index contributed by atoms with van der Waals surface area (Å²) in [5.74, 6) is 2.47. The van der Waals surface area contributed by atoms with Crippen molar-refractivity contribution in [2.24, 2.45) is 0 Å². The molecule has 0 aromatic rings. The summed E-state index contributed by atoms with van der Waals surface area (Å²) in [6, 6.07) is 0. The molecule has 9 heavy (non-hydrogen) atoms. The van der Waals surface area contributed by atoms with Crippen molar-refractivity contribution in [2.45, 2.75) is 12.5 Å². The Labute approximate surface area is 55.7 Å². The molecule has 0 spiro atoms. The third-order valence-electron chi connectivity index (χ3n) is 1.45. The summed E-state index contributed by atoms with van der Waals surface area (Å²) in [6.07, 6.45) is 6.58. The molecule has 0 aromatic heterocycles. The quantitative estimate of drug-likeness (QED) is 0.401. The van der Waals surface area contributed by atoms with E-state index in [1.807, 2.05) is 0 Å². The van der Waals surface area contributed by atoms with Crippen LogP contribution < -0.4 is 0 Å². The Kier molecular flexibility index (Phi) is 1.77. The molecule has 0 saturated carbocycles. The fraction of sp³-hybridized carbons (Fsp3) is 0.667. The summed E-state index contributed by atoms with van der Waals surface area (Å²) in [5.41, 5.74) is 0. The summed E-state index contributed by atoms with van der Waals surface area (Å²) in [6.45, 7) is 1.77. The van der Waals surface area contributed by atoms with Gasteiger partial charge in [0.25, 0.3) is 0 Å². The van der Waals surface area contributed by atoms with Gasteiger partial charge in [0.1, 0.15) is 0 Å². The summed E-state index contributed by atoms with van der Waals surface area (Å²) < 4.78 is 5.16. The third-order valence-corrected chi connectivity index (χ3v) is 3.46. The van der Waals surface area contributed by atoms with Crippen LogP contribution in [0, 0.1) is 12.3 Å². The van der Waals surface area contributed by atoms with Crippen LogP contribution in [0.25, 0.3) is 0 Å². The Morgan fingerprint density at radius 2 is 2.56 bits per heavy atom. The Morgan fingerprint density at radius 1 is 1.89 bits per heavy atom. The molecule has 1 heterocycles. The fourth-order valence-electron chi connectivity index (χ4n) is 0.941. The van der Waals surface area contributed by atoms with Crippen molar-refractivity contribution in [1.29, 1.82) is 0 Å². The van der Waals surface area contributed by atoms with Gasteiger partial charge in [-0.25, -0.2) is 0 Å². The summed E-state index contributed by atoms with van der Waals surface area (Å²) in [4.78, 5) is 9.32. The van der Waals surface area contributed by atoms with Gasteiger partial charge >= 0.3 is 54.8 Å². The Hall–Kier alpha value is -0.0900. The molecule has 0 aliphatic carbocycles. The molecule has 1 aliphatic rings. The van der Waals surface area contributed by atoms with Crippen LogP contribution in [0.3, 0.4) is 0 Å². The predicted molar refractivity (Wildman–Crippen MR) is 39.6 cm³/mol. The molecule has 1 saturated heterocycles. The van der Waals surface area contributed by atoms with Gasteiger partial charge in [-0.2, -0.15) is 0 Å². The van der Waals surface area contributed by atoms with Crippen molar-refractivity contribution >= 4 is 7.72 Å². The van der Waals surface area contributed by atoms with Gasteiger partial charge in [-0.3, -0.25) is 0 Å². The summed E-state index contributed by atoms with van der Waals surface area (Å²) in [5, 5.41) is 0. The average molecular weight is 146 g/mol. The summed E-state index contributed by atoms with van der Waals surface area (Å²) in [7, 11) is -2.27. The van der Waals surface area contributed by atoms with Crippen LogP contribution in [0.15, 0.2) is 0 Å². The van der Waals surface area contributed by atoms with E-state index in [9.17, 15) is 4.89 Å². The average Bonchev–Trinajstić information content (AvgIpc) is 2.10. The topological polar surface area (TPSA) is 29.5 Å². The van der Waals surface area contributed by atoms with E-state index in [0.29, 0.717) is 0 Å². The van der Waals surface area contributed by atoms with E-state index in [1.54, 1.807) is 6.66 Å². The SMILES string of the molecule is C#CC1CC[PH](C)(O)O1. The minimum absolute atomic E-state index is 0.119. The van der Waals surface area contributed by atoms with Gasteiger partial charge in [0.15, 0.2) is 0 Å². The Balaban J connectivity index is 2.50. The monoisotopic (exact) mass is 146 g/mol. The number of terminal acetylenes is 1. The molecule has 1 aliphatic heterocycles. The summed E-state index contributed by atoms with van der Waals surface area (Å²) >= 11 is 0. The molecule has 0 radical (unpaired) electrons. The van der Waals surface area contributed by atoms with Crippen LogP contribution >= 0.6 is 7.72 Å². The zero-order chi connectivity index (χ0) is 6.91. The second-order valence-electron chi connectivity index (χ2n) is 2.49. The van der Waals surface area contributed by atoms with Crippen LogP contribution in [0.2, 0.25) is 0 Å². The van der Waals surface area contributed by atoms with Gasteiger partial charge in [-0.05, 0) is 0 Å². The normalized spacial score (nSPS) is 35.4. The van der Waals surface area contributed by atoms with E-state index in [2.05, 4.69) is 5.92 Å². The van der Waals surface area contributed by atoms with Gasteiger partial charge in [0.05, 0.1) is 0 Å². The second-order valence-corrected chi connectivity index (χ2v) is 5.57. The van der Waals surface area contributed by atoms with E-state index in [-0.39, 0.29) is 6.10 Å². The van der Waals surface area contributed by atoms with Crippen molar-refractivity contribution in [3.8, 4) is 12.3 Å². The molecule has 1 rings (SSSR count). The van der Waals surface area contributed by atoms with Gasteiger partial charge in [0.2, 0.25) is 0 Å². The van der Waals surface area contributed by atoms with Crippen LogP contribution in [0.1, 0.15) is 6.42 Å². The van der Waals surface area contributed by atoms with Crippen molar-refractivity contribution in [3.05, 3.63) is 0 Å². The Morgan fingerprint density at radius 3 is 2.78 bits per heavy atom. The first-order chi connectivity index (χ1) is 4.14. The molecule has 1 atom stereocenters. The number of hydrogen-bond acceptors (Lipinski definition) is 2. The molecule has 1 unspecified atom stereocenters. The number of rotatable bonds is 0. The fourth-order valence-corrected chi connectivity index (χ4v) is 2.66. The van der Waals surface area contributed by atoms with E-state index in [1.165, 1.54) is 0 Å². The molecule has 0 bridgehead atoms. The minimum atomic E-state index is -2.27. The van der Waals surface area contributed by atoms with Crippen LogP contribution in [-0.4, -0.2) is 23.8 Å². The second kappa shape index (κ2) is 2.27. The standard InChI is InChI=1S/C6H11O2P/c1-3-6-4-5-9(2,7)8-6/h1,6-7,9H,4-5H2,2H3. The van der Waals surface area contributed by atoms with Crippen molar-refractivity contribution in [1.82, 2.24) is 0 Å². The van der Waals surface area contributed by atoms with Crippen molar-refractivity contribution in [2.75, 3.05) is 12.8 Å². The van der Waals surface area contributed by atoms with Crippen molar-refractivity contribution in [3.63, 3.8) is 0 Å². The van der Waals surface area contributed by atoms with E-state index in [0.717, 1.165) is 12.6 Å². The van der Waals surface area contributed by atoms with Crippen LogP contribution in [-0.2, 0) is 4.52 Å². The molecular formula is C6H11O2P. The van der Waals surface area contributed by atoms with Crippen LogP contribution in [0.4, 0.5) is 0 Å². The maximum absolute atomic E-state index is 9.32. The molecule has 1 N–H and O–H groups in total. The zero-order valence-corrected chi connectivity index (χ0v) is 6.42. The molecule has 52 valence electrons. The zero-order valence-electron chi connectivity index (χ0n) is 5.42. The van der Waals surface area contributed by atoms with E-state index in [4.69, 9.17) is 10.9 Å². The van der Waals surface area contributed by atoms with Crippen LogP contribution in [0.5, 0.6) is 0 Å². The van der Waals surface area contributed by atoms with E-state index >= 15 is 0 Å². The first kappa shape index (κ1) is 7.02. The first-order valence-corrected chi connectivity index (χ1v) is 5.57. The molecule has 0 aromatic carbocycles. The van der Waals surface area contributed by atoms with Gasteiger partial charge in [-0.15, -0.1) is 0 Å². The van der Waals surface area contributed by atoms with Gasteiger partial charge in [0, 0.05) is 0 Å². The molecule has 1 fully saturated rings. The molecule has 2 nitrogen and oxygen atoms in total. The first-order valence-electron chi connectivity index (χ1n) is 3.00. The van der Waals surface area contributed by atoms with Gasteiger partial charge < -0.3 is 0 Å². The number of hydrogen-bond donors (Lipinski definition) is 1. The third kappa shape index (κ3) is 1.66.